The zero-order chi connectivity index (χ0) is 15.8. The molecule has 0 bridgehead atoms. The summed E-state index contributed by atoms with van der Waals surface area (Å²) in [5, 5.41) is 0. The third kappa shape index (κ3) is 2.39. The topological polar surface area (TPSA) is 120 Å². The molecule has 0 aromatic heterocycles. The number of rotatable bonds is 3. The summed E-state index contributed by atoms with van der Waals surface area (Å²) in [5.74, 6) is -0.883. The second-order valence-corrected chi connectivity index (χ2v) is 5.92. The highest BCUT2D eigenvalue weighted by Gasteiger charge is 2.34. The van der Waals surface area contributed by atoms with Gasteiger partial charge in [0.15, 0.2) is 0 Å². The molecule has 2 rings (SSSR count). The lowest BCUT2D eigenvalue weighted by Crippen LogP contribution is -2.31. The summed E-state index contributed by atoms with van der Waals surface area (Å²) in [6.45, 7) is 3.10. The Labute approximate surface area is 120 Å². The van der Waals surface area contributed by atoms with Crippen LogP contribution in [0.25, 0.3) is 10.4 Å². The third-order valence-corrected chi connectivity index (χ3v) is 4.30. The number of nitrogens with zero attached hydrogens (tertiary/aromatic N) is 4. The molecule has 0 fully saturated rings. The Morgan fingerprint density at radius 3 is 1.95 bits per heavy atom. The highest BCUT2D eigenvalue weighted by Crippen LogP contribution is 2.27. The van der Waals surface area contributed by atoms with Crippen molar-refractivity contribution in [3.63, 3.8) is 0 Å². The van der Waals surface area contributed by atoms with Crippen LogP contribution in [0.1, 0.15) is 13.8 Å². The fourth-order valence-electron chi connectivity index (χ4n) is 1.85. The zero-order valence-corrected chi connectivity index (χ0v) is 12.0. The van der Waals surface area contributed by atoms with Gasteiger partial charge in [0, 0.05) is 20.6 Å². The Morgan fingerprint density at radius 1 is 1.05 bits per heavy atom. The molecule has 0 aliphatic carbocycles. The number of hydrogen-bond donors (Lipinski definition) is 0. The molecule has 0 N–H and O–H groups in total. The van der Waals surface area contributed by atoms with Crippen molar-refractivity contribution in [3.8, 4) is 0 Å². The molecule has 1 aliphatic heterocycles. The van der Waals surface area contributed by atoms with E-state index in [1.54, 1.807) is 13.8 Å². The maximum Gasteiger partial charge on any atom is 0.264 e. The van der Waals surface area contributed by atoms with Crippen molar-refractivity contribution >= 4 is 27.5 Å². The molecule has 0 saturated carbocycles. The molecule has 0 spiro atoms. The molecule has 1 aromatic carbocycles. The summed E-state index contributed by atoms with van der Waals surface area (Å²) in [6, 6.07) is 4.95. The van der Waals surface area contributed by atoms with Crippen LogP contribution in [0.4, 0.5) is 5.69 Å². The fraction of sp³-hybridized carbons (Fsp3) is 0.167. The van der Waals surface area contributed by atoms with Crippen LogP contribution in [0.5, 0.6) is 0 Å². The van der Waals surface area contributed by atoms with E-state index in [2.05, 4.69) is 9.43 Å². The minimum Gasteiger partial charge on any atom is -0.269 e. The van der Waals surface area contributed by atoms with Crippen LogP contribution >= 0.6 is 0 Å². The average Bonchev–Trinajstić information content (AvgIpc) is 2.63. The fourth-order valence-corrected chi connectivity index (χ4v) is 2.52. The van der Waals surface area contributed by atoms with Crippen molar-refractivity contribution in [2.24, 2.45) is 4.52 Å². The lowest BCUT2D eigenvalue weighted by Gasteiger charge is -2.15. The Balaban J connectivity index is 2.40. The normalized spacial score (nSPS) is 15.4. The standard InChI is InChI=1S/C12H10N4O4S/c1-7-8(2)12(18)16(11(7)17)9-3-5-10(6-4-9)21(19,20)15-14-13/h3-6H,1-2H3. The average molecular weight is 306 g/mol. The molecule has 108 valence electrons. The molecule has 1 heterocycles. The van der Waals surface area contributed by atoms with E-state index < -0.39 is 21.8 Å². The molecule has 0 saturated heterocycles. The quantitative estimate of drug-likeness (QED) is 0.366. The van der Waals surface area contributed by atoms with Gasteiger partial charge in [-0.3, -0.25) is 9.59 Å². The Bertz CT molecular complexity index is 793. The number of anilines is 1. The minimum atomic E-state index is -4.09. The van der Waals surface area contributed by atoms with E-state index in [1.807, 2.05) is 0 Å². The number of carbonyl (C=O) groups excluding carboxylic acids is 2. The van der Waals surface area contributed by atoms with Crippen LogP contribution in [0.2, 0.25) is 0 Å². The van der Waals surface area contributed by atoms with Crippen LogP contribution in [0.15, 0.2) is 44.8 Å². The smallest absolute Gasteiger partial charge is 0.264 e. The summed E-state index contributed by atoms with van der Waals surface area (Å²) in [4.78, 5) is 26.9. The number of sulfonamides is 1. The van der Waals surface area contributed by atoms with Gasteiger partial charge in [0.05, 0.1) is 10.6 Å². The van der Waals surface area contributed by atoms with E-state index in [0.29, 0.717) is 11.1 Å². The van der Waals surface area contributed by atoms with E-state index in [4.69, 9.17) is 5.53 Å². The van der Waals surface area contributed by atoms with Crippen LogP contribution < -0.4 is 4.90 Å². The van der Waals surface area contributed by atoms with Gasteiger partial charge in [0.25, 0.3) is 21.8 Å². The van der Waals surface area contributed by atoms with Gasteiger partial charge in [-0.05, 0) is 43.6 Å². The van der Waals surface area contributed by atoms with Crippen LogP contribution in [0, 0.1) is 0 Å². The molecular formula is C12H10N4O4S. The monoisotopic (exact) mass is 306 g/mol. The molecule has 0 unspecified atom stereocenters. The summed E-state index contributed by atoms with van der Waals surface area (Å²) in [7, 11) is -4.09. The van der Waals surface area contributed by atoms with Crippen molar-refractivity contribution < 1.29 is 18.0 Å². The number of azide groups is 1. The third-order valence-electron chi connectivity index (χ3n) is 3.15. The molecule has 21 heavy (non-hydrogen) atoms. The predicted molar refractivity (Wildman–Crippen MR) is 73.6 cm³/mol. The zero-order valence-electron chi connectivity index (χ0n) is 11.1. The van der Waals surface area contributed by atoms with E-state index in [-0.39, 0.29) is 10.6 Å². The van der Waals surface area contributed by atoms with Gasteiger partial charge >= 0.3 is 0 Å². The summed E-state index contributed by atoms with van der Waals surface area (Å²) in [6.07, 6.45) is 0. The van der Waals surface area contributed by atoms with Crippen molar-refractivity contribution in [1.29, 1.82) is 0 Å². The maximum absolute atomic E-state index is 12.0. The van der Waals surface area contributed by atoms with Crippen molar-refractivity contribution in [1.82, 2.24) is 0 Å². The Morgan fingerprint density at radius 2 is 1.52 bits per heavy atom. The van der Waals surface area contributed by atoms with Gasteiger partial charge in [-0.1, -0.05) is 0 Å². The van der Waals surface area contributed by atoms with Crippen LogP contribution in [-0.2, 0) is 19.6 Å². The van der Waals surface area contributed by atoms with E-state index in [0.717, 1.165) is 4.90 Å². The molecule has 0 radical (unpaired) electrons. The number of imide groups is 1. The first-order valence-corrected chi connectivity index (χ1v) is 7.21. The van der Waals surface area contributed by atoms with Gasteiger partial charge in [-0.2, -0.15) is 0 Å². The van der Waals surface area contributed by atoms with Gasteiger partial charge in [0.2, 0.25) is 0 Å². The maximum atomic E-state index is 12.0. The lowest BCUT2D eigenvalue weighted by molar-refractivity contribution is -0.120. The van der Waals surface area contributed by atoms with Crippen LogP contribution in [0.3, 0.4) is 0 Å². The largest absolute Gasteiger partial charge is 0.269 e. The van der Waals surface area contributed by atoms with Gasteiger partial charge in [-0.15, -0.1) is 0 Å². The highest BCUT2D eigenvalue weighted by molar-refractivity contribution is 7.90. The first-order chi connectivity index (χ1) is 9.79. The van der Waals surface area contributed by atoms with Gasteiger partial charge in [-0.25, -0.2) is 13.3 Å². The van der Waals surface area contributed by atoms with Gasteiger partial charge in [0.1, 0.15) is 0 Å². The number of benzene rings is 1. The first-order valence-electron chi connectivity index (χ1n) is 5.77. The second kappa shape index (κ2) is 5.04. The SMILES string of the molecule is CC1=C(C)C(=O)N(c2ccc(S(=O)(=O)N=[N+]=[N-])cc2)C1=O. The van der Waals surface area contributed by atoms with E-state index in [1.165, 1.54) is 24.3 Å². The van der Waals surface area contributed by atoms with E-state index >= 15 is 0 Å². The number of carbonyl (C=O) groups is 2. The molecule has 9 heteroatoms. The van der Waals surface area contributed by atoms with Crippen molar-refractivity contribution in [2.45, 2.75) is 18.7 Å². The summed E-state index contributed by atoms with van der Waals surface area (Å²) < 4.78 is 25.7. The lowest BCUT2D eigenvalue weighted by atomic mass is 10.2. The molecule has 8 nitrogen and oxygen atoms in total. The highest BCUT2D eigenvalue weighted by atomic mass is 32.2. The second-order valence-electron chi connectivity index (χ2n) is 4.34. The minimum absolute atomic E-state index is 0.218. The Hall–Kier alpha value is -2.64. The molecule has 2 amide bonds. The first kappa shape index (κ1) is 14.8. The predicted octanol–water partition coefficient (Wildman–Crippen LogP) is 1.90. The number of amides is 2. The molecule has 1 aliphatic rings. The molecule has 1 aromatic rings. The van der Waals surface area contributed by atoms with Crippen molar-refractivity contribution in [3.05, 3.63) is 45.9 Å². The van der Waals surface area contributed by atoms with Crippen molar-refractivity contribution in [2.75, 3.05) is 4.90 Å². The van der Waals surface area contributed by atoms with Gasteiger partial charge < -0.3 is 0 Å². The molecule has 0 atom stereocenters. The summed E-state index contributed by atoms with van der Waals surface area (Å²) >= 11 is 0. The van der Waals surface area contributed by atoms with E-state index in [9.17, 15) is 18.0 Å². The van der Waals surface area contributed by atoms with Crippen LogP contribution in [-0.4, -0.2) is 20.2 Å². The Kier molecular flexibility index (Phi) is 3.54. The molecular weight excluding hydrogens is 296 g/mol. The number of hydrogen-bond acceptors (Lipinski definition) is 4. The summed E-state index contributed by atoms with van der Waals surface area (Å²) in [5.41, 5.74) is 9.15.